The van der Waals surface area contributed by atoms with Crippen molar-refractivity contribution >= 4 is 10.8 Å². The molecule has 0 bridgehead atoms. The Morgan fingerprint density at radius 1 is 1.00 bits per heavy atom. The normalized spacial score (nSPS) is 19.4. The van der Waals surface area contributed by atoms with Crippen LogP contribution in [0.3, 0.4) is 0 Å². The third-order valence-electron chi connectivity index (χ3n) is 3.89. The molecule has 1 aliphatic carbocycles. The molecule has 2 aromatic rings. The number of nitrogens with two attached hydrogens (primary N) is 1. The molecule has 0 spiro atoms. The van der Waals surface area contributed by atoms with Crippen molar-refractivity contribution in [2.24, 2.45) is 5.73 Å². The van der Waals surface area contributed by atoms with Crippen LogP contribution in [0.1, 0.15) is 37.8 Å². The smallest absolute Gasteiger partial charge is 0.0608 e. The Labute approximate surface area is 102 Å². The maximum atomic E-state index is 6.51. The lowest BCUT2D eigenvalue weighted by atomic mass is 9.79. The van der Waals surface area contributed by atoms with E-state index in [1.165, 1.54) is 30.0 Å². The predicted molar refractivity (Wildman–Crippen MR) is 70.7 cm³/mol. The quantitative estimate of drug-likeness (QED) is 0.809. The van der Waals surface area contributed by atoms with E-state index < -0.39 is 0 Å². The summed E-state index contributed by atoms with van der Waals surface area (Å²) >= 11 is 0. The number of benzene rings is 1. The molecular formula is C15H18N2. The fraction of sp³-hybridized carbons (Fsp3) is 0.400. The maximum absolute atomic E-state index is 6.51. The fourth-order valence-electron chi connectivity index (χ4n) is 2.79. The zero-order chi connectivity index (χ0) is 11.7. The summed E-state index contributed by atoms with van der Waals surface area (Å²) in [5.41, 5.74) is 7.38. The Kier molecular flexibility index (Phi) is 2.60. The number of hydrogen-bond donors (Lipinski definition) is 1. The van der Waals surface area contributed by atoms with Gasteiger partial charge < -0.3 is 5.73 Å². The summed E-state index contributed by atoms with van der Waals surface area (Å²) in [5.74, 6) is 0. The molecule has 1 fully saturated rings. The van der Waals surface area contributed by atoms with Crippen molar-refractivity contribution in [1.82, 2.24) is 4.98 Å². The molecule has 17 heavy (non-hydrogen) atoms. The first-order valence-electron chi connectivity index (χ1n) is 6.42. The third-order valence-corrected chi connectivity index (χ3v) is 3.89. The minimum Gasteiger partial charge on any atom is -0.320 e. The van der Waals surface area contributed by atoms with Gasteiger partial charge in [0.25, 0.3) is 0 Å². The van der Waals surface area contributed by atoms with E-state index >= 15 is 0 Å². The summed E-state index contributed by atoms with van der Waals surface area (Å²) in [5, 5.41) is 2.43. The molecule has 3 rings (SSSR count). The topological polar surface area (TPSA) is 38.9 Å². The van der Waals surface area contributed by atoms with E-state index in [9.17, 15) is 0 Å². The zero-order valence-electron chi connectivity index (χ0n) is 10.0. The molecule has 1 aromatic carbocycles. The van der Waals surface area contributed by atoms with Crippen LogP contribution in [-0.4, -0.2) is 4.98 Å². The fourth-order valence-corrected chi connectivity index (χ4v) is 2.79. The number of nitrogens with zero attached hydrogens (tertiary/aromatic N) is 1. The van der Waals surface area contributed by atoms with Gasteiger partial charge in [-0.15, -0.1) is 0 Å². The Hall–Kier alpha value is -1.41. The van der Waals surface area contributed by atoms with Gasteiger partial charge >= 0.3 is 0 Å². The summed E-state index contributed by atoms with van der Waals surface area (Å²) < 4.78 is 0. The first-order chi connectivity index (χ1) is 8.28. The Bertz CT molecular complexity index is 527. The highest BCUT2D eigenvalue weighted by Gasteiger charge is 2.30. The van der Waals surface area contributed by atoms with E-state index in [1.807, 2.05) is 12.3 Å². The minimum absolute atomic E-state index is 0.192. The van der Waals surface area contributed by atoms with Gasteiger partial charge in [-0.25, -0.2) is 0 Å². The predicted octanol–water partition coefficient (Wildman–Crippen LogP) is 3.35. The highest BCUT2D eigenvalue weighted by atomic mass is 14.8. The molecule has 0 amide bonds. The lowest BCUT2D eigenvalue weighted by Crippen LogP contribution is -2.39. The molecule has 2 nitrogen and oxygen atoms in total. The largest absolute Gasteiger partial charge is 0.320 e. The summed E-state index contributed by atoms with van der Waals surface area (Å²) in [4.78, 5) is 4.58. The number of fused-ring (bicyclic) bond motifs is 1. The summed E-state index contributed by atoms with van der Waals surface area (Å²) in [7, 11) is 0. The van der Waals surface area contributed by atoms with E-state index in [1.54, 1.807) is 0 Å². The van der Waals surface area contributed by atoms with Crippen LogP contribution in [0.25, 0.3) is 10.8 Å². The second-order valence-corrected chi connectivity index (χ2v) is 5.13. The minimum atomic E-state index is -0.192. The molecule has 1 saturated carbocycles. The number of hydrogen-bond acceptors (Lipinski definition) is 2. The lowest BCUT2D eigenvalue weighted by Gasteiger charge is -2.32. The van der Waals surface area contributed by atoms with Crippen molar-refractivity contribution in [3.63, 3.8) is 0 Å². The van der Waals surface area contributed by atoms with Crippen LogP contribution in [0.15, 0.2) is 36.5 Å². The van der Waals surface area contributed by atoms with Gasteiger partial charge in [0.1, 0.15) is 0 Å². The van der Waals surface area contributed by atoms with Crippen molar-refractivity contribution in [3.8, 4) is 0 Å². The Morgan fingerprint density at radius 3 is 2.47 bits per heavy atom. The molecule has 2 N–H and O–H groups in total. The molecule has 1 aliphatic rings. The zero-order valence-corrected chi connectivity index (χ0v) is 10.0. The van der Waals surface area contributed by atoms with E-state index in [4.69, 9.17) is 5.73 Å². The third kappa shape index (κ3) is 1.93. The number of pyridine rings is 1. The monoisotopic (exact) mass is 226 g/mol. The van der Waals surface area contributed by atoms with Crippen molar-refractivity contribution < 1.29 is 0 Å². The molecule has 88 valence electrons. The average molecular weight is 226 g/mol. The Morgan fingerprint density at radius 2 is 1.71 bits per heavy atom. The molecule has 1 aromatic heterocycles. The van der Waals surface area contributed by atoms with Gasteiger partial charge in [-0.05, 0) is 24.3 Å². The van der Waals surface area contributed by atoms with Crippen molar-refractivity contribution in [2.75, 3.05) is 0 Å². The van der Waals surface area contributed by atoms with Gasteiger partial charge in [-0.3, -0.25) is 4.98 Å². The standard InChI is InChI=1S/C15H18N2/c16-15(8-4-1-5-9-15)14-10-12-6-2-3-7-13(12)11-17-14/h2-3,6-7,10-11H,1,4-5,8-9,16H2. The molecule has 0 radical (unpaired) electrons. The van der Waals surface area contributed by atoms with Gasteiger partial charge in [-0.2, -0.15) is 0 Å². The molecule has 0 aliphatic heterocycles. The lowest BCUT2D eigenvalue weighted by molar-refractivity contribution is 0.295. The maximum Gasteiger partial charge on any atom is 0.0608 e. The molecule has 0 atom stereocenters. The van der Waals surface area contributed by atoms with Gasteiger partial charge in [-0.1, -0.05) is 43.5 Å². The molecular weight excluding hydrogens is 208 g/mol. The summed E-state index contributed by atoms with van der Waals surface area (Å²) in [6.07, 6.45) is 7.85. The summed E-state index contributed by atoms with van der Waals surface area (Å²) in [6.45, 7) is 0. The first-order valence-corrected chi connectivity index (χ1v) is 6.42. The SMILES string of the molecule is NC1(c2cc3ccccc3cn2)CCCCC1. The molecule has 1 heterocycles. The van der Waals surface area contributed by atoms with E-state index in [0.717, 1.165) is 18.5 Å². The number of aromatic nitrogens is 1. The van der Waals surface area contributed by atoms with Crippen LogP contribution in [-0.2, 0) is 5.54 Å². The highest BCUT2D eigenvalue weighted by Crippen LogP contribution is 2.34. The van der Waals surface area contributed by atoms with Crippen molar-refractivity contribution in [1.29, 1.82) is 0 Å². The molecule has 0 unspecified atom stereocenters. The number of rotatable bonds is 1. The van der Waals surface area contributed by atoms with Gasteiger partial charge in [0, 0.05) is 11.6 Å². The second kappa shape index (κ2) is 4.11. The average Bonchev–Trinajstić information content (AvgIpc) is 2.39. The van der Waals surface area contributed by atoms with Gasteiger partial charge in [0.2, 0.25) is 0 Å². The van der Waals surface area contributed by atoms with Crippen LogP contribution in [0.5, 0.6) is 0 Å². The van der Waals surface area contributed by atoms with E-state index in [2.05, 4.69) is 29.2 Å². The van der Waals surface area contributed by atoms with Crippen LogP contribution >= 0.6 is 0 Å². The van der Waals surface area contributed by atoms with Gasteiger partial charge in [0.05, 0.1) is 11.2 Å². The Balaban J connectivity index is 2.05. The van der Waals surface area contributed by atoms with E-state index in [-0.39, 0.29) is 5.54 Å². The van der Waals surface area contributed by atoms with Crippen LogP contribution < -0.4 is 5.73 Å². The summed E-state index contributed by atoms with van der Waals surface area (Å²) in [6, 6.07) is 10.5. The first kappa shape index (κ1) is 10.7. The molecule has 0 saturated heterocycles. The second-order valence-electron chi connectivity index (χ2n) is 5.13. The molecule has 2 heteroatoms. The van der Waals surface area contributed by atoms with Crippen molar-refractivity contribution in [2.45, 2.75) is 37.6 Å². The van der Waals surface area contributed by atoms with Crippen LogP contribution in [0, 0.1) is 0 Å². The van der Waals surface area contributed by atoms with Crippen LogP contribution in [0.4, 0.5) is 0 Å². The van der Waals surface area contributed by atoms with Crippen LogP contribution in [0.2, 0.25) is 0 Å². The van der Waals surface area contributed by atoms with Gasteiger partial charge in [0.15, 0.2) is 0 Å². The highest BCUT2D eigenvalue weighted by molar-refractivity contribution is 5.81. The van der Waals surface area contributed by atoms with Crippen molar-refractivity contribution in [3.05, 3.63) is 42.2 Å². The van der Waals surface area contributed by atoms with E-state index in [0.29, 0.717) is 0 Å².